The molecule has 23 heavy (non-hydrogen) atoms. The van der Waals surface area contributed by atoms with Crippen LogP contribution in [0.3, 0.4) is 0 Å². The van der Waals surface area contributed by atoms with Gasteiger partial charge in [-0.3, -0.25) is 4.98 Å². The van der Waals surface area contributed by atoms with E-state index in [2.05, 4.69) is 25.3 Å². The monoisotopic (exact) mass is 326 g/mol. The van der Waals surface area contributed by atoms with Gasteiger partial charge in [0.1, 0.15) is 11.6 Å². The van der Waals surface area contributed by atoms with Crippen LogP contribution in [-0.2, 0) is 6.42 Å². The second-order valence-corrected chi connectivity index (χ2v) is 6.15. The van der Waals surface area contributed by atoms with Gasteiger partial charge in [0, 0.05) is 44.2 Å². The summed E-state index contributed by atoms with van der Waals surface area (Å²) in [6.45, 7) is 3.15. The Balaban J connectivity index is 1.77. The smallest absolute Gasteiger partial charge is 0.129 e. The third-order valence-corrected chi connectivity index (χ3v) is 4.24. The summed E-state index contributed by atoms with van der Waals surface area (Å²) in [5, 5.41) is 4.22. The second kappa shape index (κ2) is 7.26. The van der Waals surface area contributed by atoms with E-state index in [1.165, 1.54) is 0 Å². The van der Waals surface area contributed by atoms with Crippen LogP contribution in [0.15, 0.2) is 36.8 Å². The van der Waals surface area contributed by atoms with Gasteiger partial charge in [-0.05, 0) is 24.6 Å². The minimum Gasteiger partial charge on any atom is -0.369 e. The van der Waals surface area contributed by atoms with Gasteiger partial charge in [-0.2, -0.15) is 0 Å². The highest BCUT2D eigenvalue weighted by Gasteiger charge is 2.08. The van der Waals surface area contributed by atoms with Crippen molar-refractivity contribution in [2.75, 3.05) is 18.4 Å². The molecule has 0 aliphatic rings. The topological polar surface area (TPSA) is 89.6 Å². The average molecular weight is 326 g/mol. The predicted molar refractivity (Wildman–Crippen MR) is 92.5 cm³/mol. The number of nitrogens with two attached hydrogens (primary N) is 1. The number of nitrogens with zero attached hydrogens (tertiary/aromatic N) is 4. The molecule has 0 unspecified atom stereocenters. The Labute approximate surface area is 138 Å². The first-order valence-corrected chi connectivity index (χ1v) is 8.20. The van der Waals surface area contributed by atoms with Crippen molar-refractivity contribution in [3.63, 3.8) is 0 Å². The van der Waals surface area contributed by atoms with Crippen LogP contribution in [-0.4, -0.2) is 33.0 Å². The lowest BCUT2D eigenvalue weighted by atomic mass is 10.2. The number of anilines is 1. The molecule has 0 bridgehead atoms. The van der Waals surface area contributed by atoms with Gasteiger partial charge >= 0.3 is 0 Å². The predicted octanol–water partition coefficient (Wildman–Crippen LogP) is 2.26. The number of hydrogen-bond acceptors (Lipinski definition) is 7. The van der Waals surface area contributed by atoms with Gasteiger partial charge in [0.05, 0.1) is 15.6 Å². The Bertz CT molecular complexity index is 771. The van der Waals surface area contributed by atoms with Crippen molar-refractivity contribution in [1.29, 1.82) is 0 Å². The molecule has 0 amide bonds. The van der Waals surface area contributed by atoms with Crippen molar-refractivity contribution in [1.82, 2.24) is 19.9 Å². The Kier molecular flexibility index (Phi) is 4.89. The Hall–Kier alpha value is -2.38. The number of thiazole rings is 1. The van der Waals surface area contributed by atoms with Crippen molar-refractivity contribution < 1.29 is 0 Å². The van der Waals surface area contributed by atoms with Gasteiger partial charge in [-0.25, -0.2) is 15.0 Å². The first kappa shape index (κ1) is 15.5. The summed E-state index contributed by atoms with van der Waals surface area (Å²) in [4.78, 5) is 18.5. The molecule has 3 N–H and O–H groups in total. The maximum Gasteiger partial charge on any atom is 0.129 e. The molecule has 0 radical (unpaired) electrons. The lowest BCUT2D eigenvalue weighted by Crippen LogP contribution is -2.14. The van der Waals surface area contributed by atoms with E-state index < -0.39 is 0 Å². The minimum absolute atomic E-state index is 0.570. The Morgan fingerprint density at radius 3 is 2.83 bits per heavy atom. The van der Waals surface area contributed by atoms with Gasteiger partial charge in [-0.15, -0.1) is 11.3 Å². The lowest BCUT2D eigenvalue weighted by Gasteiger charge is -2.06. The summed E-state index contributed by atoms with van der Waals surface area (Å²) in [5.74, 6) is 1.55. The molecule has 0 aromatic carbocycles. The molecule has 6 nitrogen and oxygen atoms in total. The third kappa shape index (κ3) is 4.08. The Morgan fingerprint density at radius 1 is 1.22 bits per heavy atom. The van der Waals surface area contributed by atoms with Gasteiger partial charge in [0.25, 0.3) is 0 Å². The average Bonchev–Trinajstić information content (AvgIpc) is 3.02. The van der Waals surface area contributed by atoms with Crippen molar-refractivity contribution in [3.05, 3.63) is 53.3 Å². The van der Waals surface area contributed by atoms with E-state index >= 15 is 0 Å². The number of aryl methyl sites for hydroxylation is 1. The molecule has 0 atom stereocenters. The van der Waals surface area contributed by atoms with Crippen LogP contribution in [0, 0.1) is 6.92 Å². The molecule has 0 saturated heterocycles. The molecule has 118 valence electrons. The van der Waals surface area contributed by atoms with Crippen LogP contribution < -0.4 is 11.1 Å². The van der Waals surface area contributed by atoms with Crippen molar-refractivity contribution in [2.24, 2.45) is 5.73 Å². The Morgan fingerprint density at radius 2 is 2.04 bits per heavy atom. The molecule has 0 aliphatic heterocycles. The summed E-state index contributed by atoms with van der Waals surface area (Å²) >= 11 is 1.67. The number of rotatable bonds is 6. The SMILES string of the molecule is Cc1nc(Cc2ncc(-c3ccncc3)s2)cc(NCCN)n1. The van der Waals surface area contributed by atoms with Crippen molar-refractivity contribution in [3.8, 4) is 10.4 Å². The number of nitrogens with one attached hydrogen (secondary N) is 1. The van der Waals surface area contributed by atoms with Gasteiger partial charge in [0.15, 0.2) is 0 Å². The van der Waals surface area contributed by atoms with Crippen LogP contribution in [0.2, 0.25) is 0 Å². The largest absolute Gasteiger partial charge is 0.369 e. The normalized spacial score (nSPS) is 10.7. The molecule has 3 aromatic heterocycles. The quantitative estimate of drug-likeness (QED) is 0.722. The summed E-state index contributed by atoms with van der Waals surface area (Å²) in [5.41, 5.74) is 7.60. The van der Waals surface area contributed by atoms with E-state index in [1.807, 2.05) is 31.3 Å². The fraction of sp³-hybridized carbons (Fsp3) is 0.250. The van der Waals surface area contributed by atoms with Crippen LogP contribution in [0.4, 0.5) is 5.82 Å². The van der Waals surface area contributed by atoms with E-state index in [9.17, 15) is 0 Å². The van der Waals surface area contributed by atoms with Gasteiger partial charge < -0.3 is 11.1 Å². The summed E-state index contributed by atoms with van der Waals surface area (Å²) in [7, 11) is 0. The zero-order chi connectivity index (χ0) is 16.1. The van der Waals surface area contributed by atoms with Gasteiger partial charge in [-0.1, -0.05) is 0 Å². The third-order valence-electron chi connectivity index (χ3n) is 3.19. The first-order valence-electron chi connectivity index (χ1n) is 7.38. The van der Waals surface area contributed by atoms with E-state index in [0.717, 1.165) is 32.8 Å². The summed E-state index contributed by atoms with van der Waals surface area (Å²) in [6, 6.07) is 5.93. The van der Waals surface area contributed by atoms with E-state index in [4.69, 9.17) is 5.73 Å². The number of pyridine rings is 1. The van der Waals surface area contributed by atoms with Crippen molar-refractivity contribution in [2.45, 2.75) is 13.3 Å². The molecule has 3 heterocycles. The molecule has 3 aromatic rings. The highest BCUT2D eigenvalue weighted by Crippen LogP contribution is 2.26. The second-order valence-electron chi connectivity index (χ2n) is 5.04. The zero-order valence-corrected chi connectivity index (χ0v) is 13.7. The zero-order valence-electron chi connectivity index (χ0n) is 12.9. The van der Waals surface area contributed by atoms with Crippen LogP contribution >= 0.6 is 11.3 Å². The molecule has 3 rings (SSSR count). The maximum atomic E-state index is 5.52. The van der Waals surface area contributed by atoms with Crippen molar-refractivity contribution >= 4 is 17.2 Å². The number of aromatic nitrogens is 4. The highest BCUT2D eigenvalue weighted by molar-refractivity contribution is 7.15. The standard InChI is InChI=1S/C16H18N6S/c1-11-21-13(8-15(22-11)19-7-4-17)9-16-20-10-14(23-16)12-2-5-18-6-3-12/h2-3,5-6,8,10H,4,7,9,17H2,1H3,(H,19,21,22). The van der Waals surface area contributed by atoms with E-state index in [0.29, 0.717) is 19.5 Å². The molecule has 0 fully saturated rings. The minimum atomic E-state index is 0.570. The molecular formula is C16H18N6S. The van der Waals surface area contributed by atoms with E-state index in [1.54, 1.807) is 23.7 Å². The molecule has 7 heteroatoms. The van der Waals surface area contributed by atoms with Crippen LogP contribution in [0.25, 0.3) is 10.4 Å². The lowest BCUT2D eigenvalue weighted by molar-refractivity contribution is 0.943. The van der Waals surface area contributed by atoms with E-state index in [-0.39, 0.29) is 0 Å². The summed E-state index contributed by atoms with van der Waals surface area (Å²) in [6.07, 6.45) is 6.17. The summed E-state index contributed by atoms with van der Waals surface area (Å²) < 4.78 is 0. The highest BCUT2D eigenvalue weighted by atomic mass is 32.1. The van der Waals surface area contributed by atoms with Crippen LogP contribution in [0.1, 0.15) is 16.5 Å². The molecule has 0 spiro atoms. The number of hydrogen-bond donors (Lipinski definition) is 2. The maximum absolute atomic E-state index is 5.52. The fourth-order valence-corrected chi connectivity index (χ4v) is 3.15. The van der Waals surface area contributed by atoms with Crippen LogP contribution in [0.5, 0.6) is 0 Å². The first-order chi connectivity index (χ1) is 11.2. The molecule has 0 saturated carbocycles. The van der Waals surface area contributed by atoms with Gasteiger partial charge in [0.2, 0.25) is 0 Å². The molecule has 0 aliphatic carbocycles. The molecular weight excluding hydrogens is 308 g/mol. The fourth-order valence-electron chi connectivity index (χ4n) is 2.21.